The van der Waals surface area contributed by atoms with E-state index in [1.807, 2.05) is 0 Å². The molecule has 0 spiro atoms. The number of carbonyl (C=O) groups excluding carboxylic acids is 1. The van der Waals surface area contributed by atoms with Crippen molar-refractivity contribution in [1.29, 1.82) is 0 Å². The molecule has 0 aromatic rings. The van der Waals surface area contributed by atoms with Gasteiger partial charge in [-0.25, -0.2) is 0 Å². The molecule has 4 heteroatoms. The molecule has 0 amide bonds. The molecule has 0 unspecified atom stereocenters. The molecule has 4 nitrogen and oxygen atoms in total. The van der Waals surface area contributed by atoms with Gasteiger partial charge in [-0.2, -0.15) is 0 Å². The van der Waals surface area contributed by atoms with E-state index >= 15 is 0 Å². The summed E-state index contributed by atoms with van der Waals surface area (Å²) in [7, 11) is 0. The lowest BCUT2D eigenvalue weighted by molar-refractivity contribution is -0.137. The topological polar surface area (TPSA) is 63.6 Å². The summed E-state index contributed by atoms with van der Waals surface area (Å²) in [5, 5.41) is 8.46. The van der Waals surface area contributed by atoms with Crippen LogP contribution >= 0.6 is 0 Å². The molecule has 0 aliphatic rings. The maximum absolute atomic E-state index is 10.3. The van der Waals surface area contributed by atoms with Crippen LogP contribution in [0.4, 0.5) is 0 Å². The molecule has 0 radical (unpaired) electrons. The first-order chi connectivity index (χ1) is 8.77. The van der Waals surface area contributed by atoms with E-state index in [1.165, 1.54) is 32.1 Å². The highest BCUT2D eigenvalue weighted by Gasteiger charge is 1.96. The summed E-state index contributed by atoms with van der Waals surface area (Å²) in [6.45, 7) is 1.05. The molecule has 0 saturated carbocycles. The molecule has 0 aromatic heterocycles. The van der Waals surface area contributed by atoms with Gasteiger partial charge in [-0.15, -0.1) is 0 Å². The number of carboxylic acids is 1. The fourth-order valence-electron chi connectivity index (χ4n) is 1.92. The van der Waals surface area contributed by atoms with Crippen LogP contribution in [0.2, 0.25) is 0 Å². The normalized spacial score (nSPS) is 10.2. The largest absolute Gasteiger partial charge is 0.481 e. The van der Waals surface area contributed by atoms with Crippen LogP contribution in [0.15, 0.2) is 0 Å². The van der Waals surface area contributed by atoms with Crippen molar-refractivity contribution in [2.45, 2.75) is 70.6 Å². The van der Waals surface area contributed by atoms with Gasteiger partial charge >= 0.3 is 5.97 Å². The van der Waals surface area contributed by atoms with Crippen molar-refractivity contribution >= 4 is 12.4 Å². The van der Waals surface area contributed by atoms with Gasteiger partial charge in [0.05, 0.1) is 6.61 Å². The van der Waals surface area contributed by atoms with E-state index in [1.54, 1.807) is 0 Å². The van der Waals surface area contributed by atoms with Gasteiger partial charge < -0.3 is 9.84 Å². The molecule has 0 fully saturated rings. The van der Waals surface area contributed by atoms with Gasteiger partial charge in [0.15, 0.2) is 0 Å². The zero-order chi connectivity index (χ0) is 13.5. The number of hydrogen-bond donors (Lipinski definition) is 1. The van der Waals surface area contributed by atoms with Crippen LogP contribution in [-0.4, -0.2) is 24.2 Å². The van der Waals surface area contributed by atoms with E-state index in [2.05, 4.69) is 4.74 Å². The zero-order valence-corrected chi connectivity index (χ0v) is 11.2. The highest BCUT2D eigenvalue weighted by molar-refractivity contribution is 5.66. The average molecular weight is 258 g/mol. The quantitative estimate of drug-likeness (QED) is 0.382. The Labute approximate surface area is 110 Å². The first-order valence-electron chi connectivity index (χ1n) is 7.04. The number of unbranched alkanes of at least 4 members (excludes halogenated alkanes) is 9. The number of hydrogen-bond acceptors (Lipinski definition) is 3. The lowest BCUT2D eigenvalue weighted by Crippen LogP contribution is -1.93. The third-order valence-corrected chi connectivity index (χ3v) is 2.97. The van der Waals surface area contributed by atoms with Crippen LogP contribution in [0.3, 0.4) is 0 Å². The van der Waals surface area contributed by atoms with Crippen molar-refractivity contribution in [1.82, 2.24) is 0 Å². The van der Waals surface area contributed by atoms with E-state index in [4.69, 9.17) is 5.11 Å². The molecule has 0 aliphatic heterocycles. The lowest BCUT2D eigenvalue weighted by atomic mass is 10.1. The monoisotopic (exact) mass is 258 g/mol. The molecule has 0 rings (SSSR count). The molecule has 0 aliphatic carbocycles. The third-order valence-electron chi connectivity index (χ3n) is 2.97. The molecule has 0 aromatic carbocycles. The Balaban J connectivity index is 2.94. The molecule has 18 heavy (non-hydrogen) atoms. The Morgan fingerprint density at radius 1 is 0.833 bits per heavy atom. The summed E-state index contributed by atoms with van der Waals surface area (Å²) >= 11 is 0. The van der Waals surface area contributed by atoms with Gasteiger partial charge in [0.25, 0.3) is 6.47 Å². The van der Waals surface area contributed by atoms with Gasteiger partial charge in [-0.05, 0) is 12.8 Å². The van der Waals surface area contributed by atoms with Crippen LogP contribution in [0.1, 0.15) is 70.6 Å². The summed E-state index contributed by atoms with van der Waals surface area (Å²) in [5.74, 6) is -0.687. The fourth-order valence-corrected chi connectivity index (χ4v) is 1.92. The van der Waals surface area contributed by atoms with Crippen molar-refractivity contribution in [3.05, 3.63) is 0 Å². The van der Waals surface area contributed by atoms with Crippen LogP contribution in [0.5, 0.6) is 0 Å². The number of aliphatic carboxylic acids is 1. The van der Waals surface area contributed by atoms with Gasteiger partial charge in [0.2, 0.25) is 0 Å². The maximum Gasteiger partial charge on any atom is 0.303 e. The number of carboxylic acid groups (broad SMARTS) is 1. The minimum atomic E-state index is -0.687. The second-order valence-corrected chi connectivity index (χ2v) is 4.65. The molecule has 1 N–H and O–H groups in total. The predicted molar refractivity (Wildman–Crippen MR) is 70.4 cm³/mol. The van der Waals surface area contributed by atoms with Crippen LogP contribution in [-0.2, 0) is 14.3 Å². The fraction of sp³-hybridized carbons (Fsp3) is 0.857. The summed E-state index contributed by atoms with van der Waals surface area (Å²) in [5.41, 5.74) is 0. The standard InChI is InChI=1S/C14H26O4/c15-13-18-12-10-8-6-4-2-1-3-5-7-9-11-14(16)17/h13H,1-12H2,(H,16,17). The van der Waals surface area contributed by atoms with E-state index in [9.17, 15) is 9.59 Å². The molecular formula is C14H26O4. The predicted octanol–water partition coefficient (Wildman–Crippen LogP) is 3.54. The Morgan fingerprint density at radius 2 is 1.28 bits per heavy atom. The highest BCUT2D eigenvalue weighted by atomic mass is 16.5. The summed E-state index contributed by atoms with van der Waals surface area (Å²) in [6.07, 6.45) is 11.6. The second-order valence-electron chi connectivity index (χ2n) is 4.65. The van der Waals surface area contributed by atoms with Gasteiger partial charge in [-0.1, -0.05) is 51.4 Å². The smallest absolute Gasteiger partial charge is 0.303 e. The number of carbonyl (C=O) groups is 2. The van der Waals surface area contributed by atoms with Crippen molar-refractivity contribution in [2.24, 2.45) is 0 Å². The molecule has 0 bridgehead atoms. The summed E-state index contributed by atoms with van der Waals surface area (Å²) in [4.78, 5) is 20.1. The molecular weight excluding hydrogens is 232 g/mol. The van der Waals surface area contributed by atoms with E-state index in [0.29, 0.717) is 19.5 Å². The Hall–Kier alpha value is -1.06. The Bertz CT molecular complexity index is 204. The second kappa shape index (κ2) is 14.0. The van der Waals surface area contributed by atoms with Crippen molar-refractivity contribution < 1.29 is 19.4 Å². The highest BCUT2D eigenvalue weighted by Crippen LogP contribution is 2.11. The van der Waals surface area contributed by atoms with Crippen molar-refractivity contribution in [3.63, 3.8) is 0 Å². The third kappa shape index (κ3) is 14.9. The number of ether oxygens (including phenoxy) is 1. The van der Waals surface area contributed by atoms with E-state index < -0.39 is 5.97 Å². The van der Waals surface area contributed by atoms with Crippen LogP contribution in [0.25, 0.3) is 0 Å². The molecule has 106 valence electrons. The van der Waals surface area contributed by atoms with E-state index in [-0.39, 0.29) is 0 Å². The Kier molecular flexibility index (Phi) is 13.2. The average Bonchev–Trinajstić information content (AvgIpc) is 2.34. The van der Waals surface area contributed by atoms with Gasteiger partial charge in [0, 0.05) is 6.42 Å². The number of rotatable bonds is 14. The SMILES string of the molecule is O=COCCCCCCCCCCCCC(=O)O. The van der Waals surface area contributed by atoms with Crippen LogP contribution in [0, 0.1) is 0 Å². The van der Waals surface area contributed by atoms with Crippen molar-refractivity contribution in [2.75, 3.05) is 6.61 Å². The maximum atomic E-state index is 10.3. The molecule has 0 atom stereocenters. The first kappa shape index (κ1) is 16.9. The lowest BCUT2D eigenvalue weighted by Gasteiger charge is -2.02. The van der Waals surface area contributed by atoms with Gasteiger partial charge in [0.1, 0.15) is 0 Å². The van der Waals surface area contributed by atoms with E-state index in [0.717, 1.165) is 32.1 Å². The Morgan fingerprint density at radius 3 is 1.72 bits per heavy atom. The first-order valence-corrected chi connectivity index (χ1v) is 7.04. The molecule has 0 saturated heterocycles. The van der Waals surface area contributed by atoms with Crippen molar-refractivity contribution in [3.8, 4) is 0 Å². The summed E-state index contributed by atoms with van der Waals surface area (Å²) in [6, 6.07) is 0. The minimum Gasteiger partial charge on any atom is -0.481 e. The van der Waals surface area contributed by atoms with Gasteiger partial charge in [-0.3, -0.25) is 9.59 Å². The zero-order valence-electron chi connectivity index (χ0n) is 11.2. The summed E-state index contributed by atoms with van der Waals surface area (Å²) < 4.78 is 4.61. The molecule has 0 heterocycles. The van der Waals surface area contributed by atoms with Crippen LogP contribution < -0.4 is 0 Å². The minimum absolute atomic E-state index is 0.308.